The molecule has 25 heavy (non-hydrogen) atoms. The molecule has 0 spiro atoms. The van der Waals surface area contributed by atoms with Gasteiger partial charge in [0.1, 0.15) is 4.21 Å². The largest absolute Gasteiger partial charge is 0.440 e. The van der Waals surface area contributed by atoms with Crippen LogP contribution in [0.2, 0.25) is 0 Å². The van der Waals surface area contributed by atoms with Gasteiger partial charge in [0.2, 0.25) is 0 Å². The third-order valence-electron chi connectivity index (χ3n) is 4.18. The minimum Gasteiger partial charge on any atom is -0.440 e. The van der Waals surface area contributed by atoms with Crippen LogP contribution in [0.5, 0.6) is 0 Å². The first-order valence-corrected chi connectivity index (χ1v) is 10.4. The summed E-state index contributed by atoms with van der Waals surface area (Å²) in [5.41, 5.74) is 2.49. The number of aromatic nitrogens is 1. The first-order valence-electron chi connectivity index (χ1n) is 8.08. The van der Waals surface area contributed by atoms with Gasteiger partial charge in [-0.15, -0.1) is 11.3 Å². The van der Waals surface area contributed by atoms with Crippen LogP contribution in [0.4, 0.5) is 5.69 Å². The van der Waals surface area contributed by atoms with Gasteiger partial charge in [-0.2, -0.15) is 0 Å². The number of nitrogens with zero attached hydrogens (tertiary/aromatic N) is 1. The minimum absolute atomic E-state index is 0.257. The van der Waals surface area contributed by atoms with Gasteiger partial charge in [0.05, 0.1) is 16.8 Å². The van der Waals surface area contributed by atoms with Gasteiger partial charge in [-0.05, 0) is 56.0 Å². The summed E-state index contributed by atoms with van der Waals surface area (Å²) in [5.74, 6) is 1.81. The molecule has 1 aliphatic rings. The van der Waals surface area contributed by atoms with Crippen molar-refractivity contribution in [3.05, 3.63) is 53.5 Å². The fourth-order valence-electron chi connectivity index (χ4n) is 2.56. The Labute approximate surface area is 150 Å². The van der Waals surface area contributed by atoms with Crippen molar-refractivity contribution >= 4 is 27.0 Å². The Morgan fingerprint density at radius 3 is 2.76 bits per heavy atom. The molecule has 2 heterocycles. The number of oxazole rings is 1. The van der Waals surface area contributed by atoms with Crippen LogP contribution >= 0.6 is 11.3 Å². The number of hydrogen-bond acceptors (Lipinski definition) is 5. The van der Waals surface area contributed by atoms with Gasteiger partial charge in [-0.3, -0.25) is 4.72 Å². The Morgan fingerprint density at radius 1 is 1.20 bits per heavy atom. The quantitative estimate of drug-likeness (QED) is 0.703. The molecule has 1 fully saturated rings. The third kappa shape index (κ3) is 3.34. The van der Waals surface area contributed by atoms with Crippen LogP contribution in [0.15, 0.2) is 45.2 Å². The molecule has 130 valence electrons. The molecule has 2 aromatic heterocycles. The summed E-state index contributed by atoms with van der Waals surface area (Å²) in [6.45, 7) is 3.81. The molecule has 0 saturated heterocycles. The number of thiophene rings is 1. The lowest BCUT2D eigenvalue weighted by Gasteiger charge is -2.10. The van der Waals surface area contributed by atoms with Gasteiger partial charge in [-0.1, -0.05) is 12.1 Å². The van der Waals surface area contributed by atoms with E-state index in [1.165, 1.54) is 11.3 Å². The molecule has 4 rings (SSSR count). The number of sulfonamides is 1. The first-order chi connectivity index (χ1) is 11.9. The molecule has 0 unspecified atom stereocenters. The summed E-state index contributed by atoms with van der Waals surface area (Å²) >= 11 is 1.18. The highest BCUT2D eigenvalue weighted by Gasteiger charge is 2.29. The molecule has 1 saturated carbocycles. The standard InChI is InChI=1S/C18H18N2O3S2/c1-11-3-4-12(2)14(9-11)20-25(21,22)17-8-7-16(24-17)15-10-19-18(23-15)13-5-6-13/h3-4,7-10,13,20H,5-6H2,1-2H3. The van der Waals surface area contributed by atoms with Crippen molar-refractivity contribution in [3.63, 3.8) is 0 Å². The molecule has 0 atom stereocenters. The van der Waals surface area contributed by atoms with Crippen LogP contribution in [0.3, 0.4) is 0 Å². The van der Waals surface area contributed by atoms with Crippen molar-refractivity contribution in [2.45, 2.75) is 36.8 Å². The average molecular weight is 374 g/mol. The average Bonchev–Trinajstić information content (AvgIpc) is 3.10. The molecule has 0 amide bonds. The van der Waals surface area contributed by atoms with Crippen molar-refractivity contribution in [2.75, 3.05) is 4.72 Å². The number of hydrogen-bond donors (Lipinski definition) is 1. The van der Waals surface area contributed by atoms with Gasteiger partial charge in [0.15, 0.2) is 11.7 Å². The van der Waals surface area contributed by atoms with Crippen molar-refractivity contribution in [2.24, 2.45) is 0 Å². The van der Waals surface area contributed by atoms with Gasteiger partial charge in [0, 0.05) is 5.92 Å². The van der Waals surface area contributed by atoms with Crippen LogP contribution < -0.4 is 4.72 Å². The minimum atomic E-state index is -3.63. The van der Waals surface area contributed by atoms with Gasteiger partial charge < -0.3 is 4.42 Å². The summed E-state index contributed by atoms with van der Waals surface area (Å²) in [6, 6.07) is 9.06. The fraction of sp³-hybridized carbons (Fsp3) is 0.278. The highest BCUT2D eigenvalue weighted by molar-refractivity contribution is 7.94. The maximum Gasteiger partial charge on any atom is 0.271 e. The summed E-state index contributed by atoms with van der Waals surface area (Å²) in [4.78, 5) is 5.05. The summed E-state index contributed by atoms with van der Waals surface area (Å²) in [6.07, 6.45) is 3.90. The van der Waals surface area contributed by atoms with E-state index in [0.717, 1.165) is 34.7 Å². The zero-order chi connectivity index (χ0) is 17.6. The second kappa shape index (κ2) is 6.00. The van der Waals surface area contributed by atoms with E-state index in [1.807, 2.05) is 32.0 Å². The zero-order valence-corrected chi connectivity index (χ0v) is 15.6. The molecule has 3 aromatic rings. The lowest BCUT2D eigenvalue weighted by atomic mass is 10.1. The van der Waals surface area contributed by atoms with Gasteiger partial charge in [0.25, 0.3) is 10.0 Å². The zero-order valence-electron chi connectivity index (χ0n) is 13.9. The number of anilines is 1. The highest BCUT2D eigenvalue weighted by Crippen LogP contribution is 2.41. The maximum absolute atomic E-state index is 12.7. The lowest BCUT2D eigenvalue weighted by Crippen LogP contribution is -2.12. The van der Waals surface area contributed by atoms with E-state index in [2.05, 4.69) is 9.71 Å². The van der Waals surface area contributed by atoms with E-state index in [9.17, 15) is 8.42 Å². The summed E-state index contributed by atoms with van der Waals surface area (Å²) in [7, 11) is -3.63. The molecule has 1 aromatic carbocycles. The molecule has 0 radical (unpaired) electrons. The van der Waals surface area contributed by atoms with Crippen LogP contribution in [-0.4, -0.2) is 13.4 Å². The smallest absolute Gasteiger partial charge is 0.271 e. The Balaban J connectivity index is 1.60. The van der Waals surface area contributed by atoms with Crippen LogP contribution in [-0.2, 0) is 10.0 Å². The first kappa shape index (κ1) is 16.4. The van der Waals surface area contributed by atoms with E-state index in [4.69, 9.17) is 4.42 Å². The SMILES string of the molecule is Cc1ccc(C)c(NS(=O)(=O)c2ccc(-c3cnc(C4CC4)o3)s2)c1. The number of rotatable bonds is 5. The second-order valence-corrected chi connectivity index (χ2v) is 9.37. The highest BCUT2D eigenvalue weighted by atomic mass is 32.2. The summed E-state index contributed by atoms with van der Waals surface area (Å²) < 4.78 is 34.1. The Morgan fingerprint density at radius 2 is 2.00 bits per heavy atom. The number of nitrogens with one attached hydrogen (secondary N) is 1. The second-order valence-electron chi connectivity index (χ2n) is 6.38. The van der Waals surface area contributed by atoms with Crippen molar-refractivity contribution < 1.29 is 12.8 Å². The molecule has 1 N–H and O–H groups in total. The number of benzene rings is 1. The molecular weight excluding hydrogens is 356 g/mol. The Hall–Kier alpha value is -2.12. The number of aryl methyl sites for hydroxylation is 2. The Bertz CT molecular complexity index is 1030. The van der Waals surface area contributed by atoms with E-state index in [-0.39, 0.29) is 4.21 Å². The molecule has 0 aliphatic heterocycles. The monoisotopic (exact) mass is 374 g/mol. The van der Waals surface area contributed by atoms with Crippen LogP contribution in [0, 0.1) is 13.8 Å². The van der Waals surface area contributed by atoms with Crippen molar-refractivity contribution in [1.29, 1.82) is 0 Å². The normalized spacial score (nSPS) is 14.6. The summed E-state index contributed by atoms with van der Waals surface area (Å²) in [5, 5.41) is 0. The predicted octanol–water partition coefficient (Wildman–Crippen LogP) is 4.70. The molecule has 5 nitrogen and oxygen atoms in total. The van der Waals surface area contributed by atoms with Crippen molar-refractivity contribution in [3.8, 4) is 10.6 Å². The Kier molecular flexibility index (Phi) is 3.92. The topological polar surface area (TPSA) is 72.2 Å². The van der Waals surface area contributed by atoms with Crippen molar-refractivity contribution in [1.82, 2.24) is 4.98 Å². The predicted molar refractivity (Wildman–Crippen MR) is 98.5 cm³/mol. The lowest BCUT2D eigenvalue weighted by molar-refractivity contribution is 0.510. The van der Waals surface area contributed by atoms with Crippen LogP contribution in [0.25, 0.3) is 10.6 Å². The molecule has 0 bridgehead atoms. The van der Waals surface area contributed by atoms with Gasteiger partial charge >= 0.3 is 0 Å². The van der Waals surface area contributed by atoms with Gasteiger partial charge in [-0.25, -0.2) is 13.4 Å². The van der Waals surface area contributed by atoms with E-state index in [0.29, 0.717) is 17.4 Å². The molecule has 7 heteroatoms. The molecule has 1 aliphatic carbocycles. The maximum atomic E-state index is 12.7. The van der Waals surface area contributed by atoms with E-state index < -0.39 is 10.0 Å². The van der Waals surface area contributed by atoms with E-state index in [1.54, 1.807) is 18.3 Å². The fourth-order valence-corrected chi connectivity index (χ4v) is 4.93. The molecular formula is C18H18N2O3S2. The third-order valence-corrected chi connectivity index (χ3v) is 7.13. The van der Waals surface area contributed by atoms with E-state index >= 15 is 0 Å². The van der Waals surface area contributed by atoms with Crippen LogP contribution in [0.1, 0.15) is 35.8 Å².